The monoisotopic (exact) mass is 197 g/mol. The summed E-state index contributed by atoms with van der Waals surface area (Å²) in [4.78, 5) is 4.38. The van der Waals surface area contributed by atoms with Crippen LogP contribution in [0, 0.1) is 6.92 Å². The summed E-state index contributed by atoms with van der Waals surface area (Å²) in [7, 11) is 0. The van der Waals surface area contributed by atoms with Gasteiger partial charge in [0.25, 0.3) is 0 Å². The minimum Gasteiger partial charge on any atom is -0.395 e. The molecule has 0 saturated carbocycles. The van der Waals surface area contributed by atoms with Gasteiger partial charge in [0, 0.05) is 16.7 Å². The number of aliphatic hydroxyl groups excluding tert-OH is 1. The summed E-state index contributed by atoms with van der Waals surface area (Å²) >= 11 is 1.73. The highest BCUT2D eigenvalue weighted by Crippen LogP contribution is 2.15. The van der Waals surface area contributed by atoms with E-state index in [4.69, 9.17) is 5.11 Å². The molecule has 1 atom stereocenters. The largest absolute Gasteiger partial charge is 0.395 e. The van der Waals surface area contributed by atoms with Crippen molar-refractivity contribution < 1.29 is 5.11 Å². The number of aryl methyl sites for hydroxylation is 1. The fourth-order valence-electron chi connectivity index (χ4n) is 0.960. The highest BCUT2D eigenvalue weighted by molar-refractivity contribution is 7.99. The second-order valence-corrected chi connectivity index (χ2v) is 4.50. The number of thioether (sulfide) groups is 1. The highest BCUT2D eigenvalue weighted by atomic mass is 32.2. The Morgan fingerprint density at radius 3 is 2.92 bits per heavy atom. The van der Waals surface area contributed by atoms with Crippen LogP contribution in [-0.4, -0.2) is 21.9 Å². The van der Waals surface area contributed by atoms with E-state index in [-0.39, 0.29) is 6.61 Å². The van der Waals surface area contributed by atoms with E-state index in [1.54, 1.807) is 11.8 Å². The van der Waals surface area contributed by atoms with Crippen LogP contribution in [-0.2, 0) is 5.75 Å². The number of hydrogen-bond acceptors (Lipinski definition) is 3. The Hall–Kier alpha value is -0.540. The molecule has 0 aromatic carbocycles. The molecule has 0 aliphatic rings. The molecule has 0 spiro atoms. The Morgan fingerprint density at radius 1 is 1.54 bits per heavy atom. The Kier molecular flexibility index (Phi) is 4.25. The van der Waals surface area contributed by atoms with Crippen LogP contribution in [0.3, 0.4) is 0 Å². The average Bonchev–Trinajstić information content (AvgIpc) is 2.14. The maximum atomic E-state index is 8.83. The molecule has 0 saturated heterocycles. The van der Waals surface area contributed by atoms with Gasteiger partial charge in [0.15, 0.2) is 0 Å². The molecular formula is C10H15NOS. The van der Waals surface area contributed by atoms with E-state index in [0.717, 1.165) is 17.1 Å². The first-order valence-corrected chi connectivity index (χ1v) is 5.42. The van der Waals surface area contributed by atoms with Crippen molar-refractivity contribution in [2.24, 2.45) is 0 Å². The first-order valence-electron chi connectivity index (χ1n) is 4.37. The third-order valence-electron chi connectivity index (χ3n) is 1.72. The molecule has 2 nitrogen and oxygen atoms in total. The van der Waals surface area contributed by atoms with E-state index in [2.05, 4.69) is 4.98 Å². The number of aliphatic hydroxyl groups is 1. The Labute approximate surface area is 83.4 Å². The molecule has 1 N–H and O–H groups in total. The molecule has 13 heavy (non-hydrogen) atoms. The lowest BCUT2D eigenvalue weighted by Gasteiger charge is -2.06. The summed E-state index contributed by atoms with van der Waals surface area (Å²) in [5.41, 5.74) is 2.14. The van der Waals surface area contributed by atoms with Crippen molar-refractivity contribution in [3.63, 3.8) is 0 Å². The summed E-state index contributed by atoms with van der Waals surface area (Å²) in [6, 6.07) is 6.02. The molecule has 72 valence electrons. The van der Waals surface area contributed by atoms with Gasteiger partial charge >= 0.3 is 0 Å². The third-order valence-corrected chi connectivity index (χ3v) is 2.90. The molecule has 1 aromatic rings. The lowest BCUT2D eigenvalue weighted by Crippen LogP contribution is -2.03. The lowest BCUT2D eigenvalue weighted by molar-refractivity contribution is 0.300. The second kappa shape index (κ2) is 5.25. The Morgan fingerprint density at radius 2 is 2.31 bits per heavy atom. The smallest absolute Gasteiger partial charge is 0.0547 e. The Balaban J connectivity index is 2.45. The van der Waals surface area contributed by atoms with Crippen molar-refractivity contribution in [1.82, 2.24) is 4.98 Å². The van der Waals surface area contributed by atoms with Gasteiger partial charge in [0.1, 0.15) is 0 Å². The molecule has 3 heteroatoms. The SMILES string of the molecule is Cc1cccc(CSC(C)CO)n1. The number of pyridine rings is 1. The van der Waals surface area contributed by atoms with Gasteiger partial charge in [-0.2, -0.15) is 11.8 Å². The minimum atomic E-state index is 0.233. The standard InChI is InChI=1S/C10H15NOS/c1-8-4-3-5-10(11-8)7-13-9(2)6-12/h3-5,9,12H,6-7H2,1-2H3. The van der Waals surface area contributed by atoms with Crippen molar-refractivity contribution in [3.8, 4) is 0 Å². The van der Waals surface area contributed by atoms with Crippen molar-refractivity contribution in [2.75, 3.05) is 6.61 Å². The van der Waals surface area contributed by atoms with E-state index in [1.807, 2.05) is 32.0 Å². The lowest BCUT2D eigenvalue weighted by atomic mass is 10.3. The fourth-order valence-corrected chi connectivity index (χ4v) is 1.68. The van der Waals surface area contributed by atoms with Gasteiger partial charge in [0.2, 0.25) is 0 Å². The average molecular weight is 197 g/mol. The van der Waals surface area contributed by atoms with Gasteiger partial charge in [-0.3, -0.25) is 4.98 Å². The minimum absolute atomic E-state index is 0.233. The molecule has 1 heterocycles. The summed E-state index contributed by atoms with van der Waals surface area (Å²) in [6.07, 6.45) is 0. The van der Waals surface area contributed by atoms with Crippen LogP contribution in [0.25, 0.3) is 0 Å². The summed E-state index contributed by atoms with van der Waals surface area (Å²) in [5, 5.41) is 9.12. The van der Waals surface area contributed by atoms with E-state index in [0.29, 0.717) is 5.25 Å². The quantitative estimate of drug-likeness (QED) is 0.801. The van der Waals surface area contributed by atoms with Crippen LogP contribution in [0.4, 0.5) is 0 Å². The van der Waals surface area contributed by atoms with Crippen LogP contribution < -0.4 is 0 Å². The van der Waals surface area contributed by atoms with Crippen molar-refractivity contribution in [3.05, 3.63) is 29.6 Å². The number of aromatic nitrogens is 1. The molecule has 0 bridgehead atoms. The van der Waals surface area contributed by atoms with Crippen LogP contribution >= 0.6 is 11.8 Å². The number of rotatable bonds is 4. The molecular weight excluding hydrogens is 182 g/mol. The number of hydrogen-bond donors (Lipinski definition) is 1. The highest BCUT2D eigenvalue weighted by Gasteiger charge is 2.01. The van der Waals surface area contributed by atoms with E-state index in [1.165, 1.54) is 0 Å². The van der Waals surface area contributed by atoms with Gasteiger partial charge in [-0.05, 0) is 19.1 Å². The first kappa shape index (κ1) is 10.5. The van der Waals surface area contributed by atoms with Crippen molar-refractivity contribution in [2.45, 2.75) is 24.9 Å². The molecule has 1 aromatic heterocycles. The van der Waals surface area contributed by atoms with Crippen molar-refractivity contribution in [1.29, 1.82) is 0 Å². The third kappa shape index (κ3) is 3.79. The zero-order valence-corrected chi connectivity index (χ0v) is 8.84. The van der Waals surface area contributed by atoms with Crippen LogP contribution in [0.5, 0.6) is 0 Å². The maximum Gasteiger partial charge on any atom is 0.0547 e. The predicted molar refractivity (Wildman–Crippen MR) is 56.8 cm³/mol. The maximum absolute atomic E-state index is 8.83. The van der Waals surface area contributed by atoms with E-state index >= 15 is 0 Å². The zero-order valence-electron chi connectivity index (χ0n) is 8.03. The van der Waals surface area contributed by atoms with Crippen LogP contribution in [0.15, 0.2) is 18.2 Å². The zero-order chi connectivity index (χ0) is 9.68. The topological polar surface area (TPSA) is 33.1 Å². The molecule has 0 amide bonds. The number of nitrogens with zero attached hydrogens (tertiary/aromatic N) is 1. The van der Waals surface area contributed by atoms with E-state index in [9.17, 15) is 0 Å². The van der Waals surface area contributed by atoms with Crippen molar-refractivity contribution >= 4 is 11.8 Å². The summed E-state index contributed by atoms with van der Waals surface area (Å²) in [6.45, 7) is 4.24. The predicted octanol–water partition coefficient (Wildman–Crippen LogP) is 2.00. The van der Waals surface area contributed by atoms with Gasteiger partial charge < -0.3 is 5.11 Å². The molecule has 0 aliphatic carbocycles. The van der Waals surface area contributed by atoms with Crippen LogP contribution in [0.2, 0.25) is 0 Å². The first-order chi connectivity index (χ1) is 6.22. The van der Waals surface area contributed by atoms with Gasteiger partial charge in [-0.25, -0.2) is 0 Å². The van der Waals surface area contributed by atoms with Crippen LogP contribution in [0.1, 0.15) is 18.3 Å². The Bertz CT molecular complexity index is 265. The fraction of sp³-hybridized carbons (Fsp3) is 0.500. The summed E-state index contributed by atoms with van der Waals surface area (Å²) in [5.74, 6) is 0.878. The summed E-state index contributed by atoms with van der Waals surface area (Å²) < 4.78 is 0. The molecule has 0 aliphatic heterocycles. The normalized spacial score (nSPS) is 12.8. The molecule has 0 radical (unpaired) electrons. The van der Waals surface area contributed by atoms with Gasteiger partial charge in [-0.15, -0.1) is 0 Å². The van der Waals surface area contributed by atoms with E-state index < -0.39 is 0 Å². The second-order valence-electron chi connectivity index (χ2n) is 3.07. The molecule has 1 unspecified atom stereocenters. The van der Waals surface area contributed by atoms with Gasteiger partial charge in [0.05, 0.1) is 12.3 Å². The van der Waals surface area contributed by atoms with Gasteiger partial charge in [-0.1, -0.05) is 13.0 Å². The molecule has 0 fully saturated rings. The molecule has 1 rings (SSSR count).